The Bertz CT molecular complexity index is 888. The lowest BCUT2D eigenvalue weighted by atomic mass is 9.99. The molecule has 0 spiro atoms. The highest BCUT2D eigenvalue weighted by Crippen LogP contribution is 2.39. The molecule has 0 N–H and O–H groups in total. The first-order chi connectivity index (χ1) is 12.2. The molecule has 4 nitrogen and oxygen atoms in total. The van der Waals surface area contributed by atoms with Gasteiger partial charge in [-0.3, -0.25) is 0 Å². The SMILES string of the molecule is COc1ccc(-c2csc3nc(C)nc(N4CCCC(C)C4)c23)cc1. The average Bonchev–Trinajstić information content (AvgIpc) is 3.04. The molecule has 0 bridgehead atoms. The second-order valence-corrected chi connectivity index (χ2v) is 7.70. The van der Waals surface area contributed by atoms with Crippen LogP contribution in [0.15, 0.2) is 29.6 Å². The van der Waals surface area contributed by atoms with Gasteiger partial charge in [0.25, 0.3) is 0 Å². The van der Waals surface area contributed by atoms with Gasteiger partial charge in [-0.15, -0.1) is 11.3 Å². The fraction of sp³-hybridized carbons (Fsp3) is 0.400. The van der Waals surface area contributed by atoms with Crippen LogP contribution in [-0.4, -0.2) is 30.2 Å². The Balaban J connectivity index is 1.85. The van der Waals surface area contributed by atoms with Crippen molar-refractivity contribution in [1.82, 2.24) is 9.97 Å². The quantitative estimate of drug-likeness (QED) is 0.670. The van der Waals surface area contributed by atoms with E-state index in [9.17, 15) is 0 Å². The van der Waals surface area contributed by atoms with E-state index in [4.69, 9.17) is 9.72 Å². The van der Waals surface area contributed by atoms with Crippen molar-refractivity contribution < 1.29 is 4.74 Å². The molecule has 0 aliphatic carbocycles. The van der Waals surface area contributed by atoms with Crippen LogP contribution in [0.3, 0.4) is 0 Å². The maximum Gasteiger partial charge on any atom is 0.141 e. The molecule has 1 aliphatic rings. The summed E-state index contributed by atoms with van der Waals surface area (Å²) in [4.78, 5) is 13.1. The number of hydrogen-bond donors (Lipinski definition) is 0. The van der Waals surface area contributed by atoms with Crippen LogP contribution >= 0.6 is 11.3 Å². The number of methoxy groups -OCH3 is 1. The number of fused-ring (bicyclic) bond motifs is 1. The number of rotatable bonds is 3. The minimum Gasteiger partial charge on any atom is -0.497 e. The van der Waals surface area contributed by atoms with Gasteiger partial charge in [-0.05, 0) is 43.4 Å². The lowest BCUT2D eigenvalue weighted by molar-refractivity contribution is 0.415. The third-order valence-corrected chi connectivity index (χ3v) is 5.76. The predicted molar refractivity (Wildman–Crippen MR) is 105 cm³/mol. The van der Waals surface area contributed by atoms with Gasteiger partial charge in [-0.2, -0.15) is 0 Å². The van der Waals surface area contributed by atoms with Crippen LogP contribution in [0.4, 0.5) is 5.82 Å². The Morgan fingerprint density at radius 3 is 2.72 bits per heavy atom. The first kappa shape index (κ1) is 16.3. The van der Waals surface area contributed by atoms with Crippen molar-refractivity contribution in [3.05, 3.63) is 35.5 Å². The highest BCUT2D eigenvalue weighted by Gasteiger charge is 2.23. The van der Waals surface area contributed by atoms with Gasteiger partial charge in [0.05, 0.1) is 12.5 Å². The molecular formula is C20H23N3OS. The first-order valence-electron chi connectivity index (χ1n) is 8.81. The van der Waals surface area contributed by atoms with Crippen LogP contribution in [0, 0.1) is 12.8 Å². The smallest absolute Gasteiger partial charge is 0.141 e. The lowest BCUT2D eigenvalue weighted by Crippen LogP contribution is -2.35. The summed E-state index contributed by atoms with van der Waals surface area (Å²) < 4.78 is 5.29. The summed E-state index contributed by atoms with van der Waals surface area (Å²) in [6.07, 6.45) is 2.53. The molecule has 1 saturated heterocycles. The number of benzene rings is 1. The van der Waals surface area contributed by atoms with Crippen LogP contribution in [0.25, 0.3) is 21.3 Å². The van der Waals surface area contributed by atoms with E-state index in [1.165, 1.54) is 29.4 Å². The molecule has 2 aromatic heterocycles. The van der Waals surface area contributed by atoms with E-state index in [0.29, 0.717) is 5.92 Å². The van der Waals surface area contributed by atoms with Crippen LogP contribution in [0.5, 0.6) is 5.75 Å². The van der Waals surface area contributed by atoms with E-state index in [-0.39, 0.29) is 0 Å². The molecule has 1 unspecified atom stereocenters. The van der Waals surface area contributed by atoms with Gasteiger partial charge < -0.3 is 9.64 Å². The number of hydrogen-bond acceptors (Lipinski definition) is 5. The van der Waals surface area contributed by atoms with Crippen molar-refractivity contribution in [1.29, 1.82) is 0 Å². The molecule has 1 aromatic carbocycles. The van der Waals surface area contributed by atoms with E-state index >= 15 is 0 Å². The summed E-state index contributed by atoms with van der Waals surface area (Å²) in [5, 5.41) is 3.40. The Morgan fingerprint density at radius 1 is 1.20 bits per heavy atom. The van der Waals surface area contributed by atoms with Gasteiger partial charge in [-0.25, -0.2) is 9.97 Å². The van der Waals surface area contributed by atoms with Crippen LogP contribution in [-0.2, 0) is 0 Å². The molecule has 0 saturated carbocycles. The fourth-order valence-electron chi connectivity index (χ4n) is 3.62. The predicted octanol–water partition coefficient (Wildman–Crippen LogP) is 4.91. The normalized spacial score (nSPS) is 17.9. The van der Waals surface area contributed by atoms with Crippen LogP contribution in [0.1, 0.15) is 25.6 Å². The number of aromatic nitrogens is 2. The molecule has 1 aliphatic heterocycles. The molecule has 3 heterocycles. The summed E-state index contributed by atoms with van der Waals surface area (Å²) in [5.41, 5.74) is 2.40. The molecule has 4 rings (SSSR count). The number of aryl methyl sites for hydroxylation is 1. The van der Waals surface area contributed by atoms with E-state index < -0.39 is 0 Å². The number of anilines is 1. The van der Waals surface area contributed by atoms with Crippen LogP contribution in [0.2, 0.25) is 0 Å². The molecule has 3 aromatic rings. The number of nitrogens with zero attached hydrogens (tertiary/aromatic N) is 3. The van der Waals surface area contributed by atoms with Gasteiger partial charge in [0.1, 0.15) is 22.2 Å². The summed E-state index contributed by atoms with van der Waals surface area (Å²) in [5.74, 6) is 3.53. The molecule has 0 radical (unpaired) electrons. The van der Waals surface area contributed by atoms with E-state index in [1.54, 1.807) is 18.4 Å². The number of ether oxygens (including phenoxy) is 1. The number of thiophene rings is 1. The highest BCUT2D eigenvalue weighted by molar-refractivity contribution is 7.17. The third kappa shape index (κ3) is 3.09. The fourth-order valence-corrected chi connectivity index (χ4v) is 4.61. The molecule has 0 amide bonds. The van der Waals surface area contributed by atoms with E-state index in [1.807, 2.05) is 19.1 Å². The Kier molecular flexibility index (Phi) is 4.34. The van der Waals surface area contributed by atoms with E-state index in [2.05, 4.69) is 34.3 Å². The van der Waals surface area contributed by atoms with Crippen molar-refractivity contribution in [2.24, 2.45) is 5.92 Å². The second-order valence-electron chi connectivity index (χ2n) is 6.85. The molecule has 130 valence electrons. The third-order valence-electron chi connectivity index (χ3n) is 4.88. The zero-order valence-electron chi connectivity index (χ0n) is 15.0. The largest absolute Gasteiger partial charge is 0.497 e. The minimum absolute atomic E-state index is 0.710. The minimum atomic E-state index is 0.710. The molecular weight excluding hydrogens is 330 g/mol. The summed E-state index contributed by atoms with van der Waals surface area (Å²) >= 11 is 1.70. The van der Waals surface area contributed by atoms with Crippen molar-refractivity contribution >= 4 is 27.4 Å². The van der Waals surface area contributed by atoms with Crippen molar-refractivity contribution in [3.63, 3.8) is 0 Å². The molecule has 1 fully saturated rings. The Hall–Kier alpha value is -2.14. The van der Waals surface area contributed by atoms with Gasteiger partial charge in [0.15, 0.2) is 0 Å². The Labute approximate surface area is 152 Å². The lowest BCUT2D eigenvalue weighted by Gasteiger charge is -2.32. The zero-order chi connectivity index (χ0) is 17.4. The maximum absolute atomic E-state index is 5.29. The summed E-state index contributed by atoms with van der Waals surface area (Å²) in [7, 11) is 1.70. The van der Waals surface area contributed by atoms with Gasteiger partial charge in [0, 0.05) is 24.0 Å². The average molecular weight is 353 g/mol. The van der Waals surface area contributed by atoms with Gasteiger partial charge in [0.2, 0.25) is 0 Å². The zero-order valence-corrected chi connectivity index (χ0v) is 15.8. The molecule has 25 heavy (non-hydrogen) atoms. The first-order valence-corrected chi connectivity index (χ1v) is 9.69. The Morgan fingerprint density at radius 2 is 2.00 bits per heavy atom. The van der Waals surface area contributed by atoms with Crippen molar-refractivity contribution in [2.45, 2.75) is 26.7 Å². The van der Waals surface area contributed by atoms with Gasteiger partial charge >= 0.3 is 0 Å². The standard InChI is InChI=1S/C20H23N3OS/c1-13-5-4-10-23(11-13)19-18-17(12-25-20(18)22-14(2)21-19)15-6-8-16(24-3)9-7-15/h6-9,12-13H,4-5,10-11H2,1-3H3. The summed E-state index contributed by atoms with van der Waals surface area (Å²) in [6.45, 7) is 6.47. The second kappa shape index (κ2) is 6.64. The topological polar surface area (TPSA) is 38.3 Å². The molecule has 1 atom stereocenters. The van der Waals surface area contributed by atoms with Crippen molar-refractivity contribution in [3.8, 4) is 16.9 Å². The monoisotopic (exact) mass is 353 g/mol. The molecule has 5 heteroatoms. The van der Waals surface area contributed by atoms with Gasteiger partial charge in [-0.1, -0.05) is 19.1 Å². The summed E-state index contributed by atoms with van der Waals surface area (Å²) in [6, 6.07) is 8.25. The number of piperidine rings is 1. The highest BCUT2D eigenvalue weighted by atomic mass is 32.1. The van der Waals surface area contributed by atoms with Crippen LogP contribution < -0.4 is 9.64 Å². The van der Waals surface area contributed by atoms with E-state index in [0.717, 1.165) is 35.3 Å². The maximum atomic E-state index is 5.29. The van der Waals surface area contributed by atoms with Crippen molar-refractivity contribution in [2.75, 3.05) is 25.1 Å².